The van der Waals surface area contributed by atoms with Gasteiger partial charge in [-0.15, -0.1) is 0 Å². The normalized spacial score (nSPS) is 16.7. The Bertz CT molecular complexity index is 551. The lowest BCUT2D eigenvalue weighted by Gasteiger charge is -2.37. The Kier molecular flexibility index (Phi) is 6.16. The Morgan fingerprint density at radius 2 is 1.96 bits per heavy atom. The first-order chi connectivity index (χ1) is 11.1. The number of aromatic carboxylic acids is 1. The highest BCUT2D eigenvalue weighted by Gasteiger charge is 2.38. The van der Waals surface area contributed by atoms with Gasteiger partial charge in [0.1, 0.15) is 0 Å². The summed E-state index contributed by atoms with van der Waals surface area (Å²) in [6, 6.07) is 6.87. The van der Waals surface area contributed by atoms with Gasteiger partial charge >= 0.3 is 5.97 Å². The first-order valence-electron chi connectivity index (χ1n) is 8.43. The maximum atomic E-state index is 12.6. The lowest BCUT2D eigenvalue weighted by atomic mass is 9.80. The summed E-state index contributed by atoms with van der Waals surface area (Å²) in [6.45, 7) is 3.23. The van der Waals surface area contributed by atoms with Gasteiger partial charge in [0.15, 0.2) is 0 Å². The smallest absolute Gasteiger partial charge is 0.335 e. The van der Waals surface area contributed by atoms with Crippen molar-refractivity contribution in [3.05, 3.63) is 35.4 Å². The molecule has 1 aromatic rings. The van der Waals surface area contributed by atoms with Crippen molar-refractivity contribution < 1.29 is 14.7 Å². The van der Waals surface area contributed by atoms with E-state index in [2.05, 4.69) is 10.6 Å². The van der Waals surface area contributed by atoms with Crippen LogP contribution >= 0.6 is 0 Å². The van der Waals surface area contributed by atoms with Crippen LogP contribution in [-0.4, -0.2) is 29.1 Å². The first kappa shape index (κ1) is 17.5. The molecule has 0 aliphatic heterocycles. The number of rotatable bonds is 7. The van der Waals surface area contributed by atoms with Gasteiger partial charge in [-0.3, -0.25) is 10.1 Å². The summed E-state index contributed by atoms with van der Waals surface area (Å²) < 4.78 is 0. The van der Waals surface area contributed by atoms with Crippen LogP contribution in [0.5, 0.6) is 0 Å². The number of amides is 1. The Morgan fingerprint density at radius 3 is 2.61 bits per heavy atom. The van der Waals surface area contributed by atoms with E-state index >= 15 is 0 Å². The highest BCUT2D eigenvalue weighted by molar-refractivity contribution is 5.88. The molecule has 2 rings (SSSR count). The van der Waals surface area contributed by atoms with E-state index in [4.69, 9.17) is 5.11 Å². The van der Waals surface area contributed by atoms with Crippen LogP contribution in [0, 0.1) is 0 Å². The summed E-state index contributed by atoms with van der Waals surface area (Å²) in [6.07, 6.45) is 5.84. The van der Waals surface area contributed by atoms with Crippen molar-refractivity contribution in [1.29, 1.82) is 0 Å². The van der Waals surface area contributed by atoms with Crippen LogP contribution in [0.4, 0.5) is 0 Å². The van der Waals surface area contributed by atoms with Crippen LogP contribution in [0.1, 0.15) is 61.4 Å². The molecule has 0 spiro atoms. The van der Waals surface area contributed by atoms with Gasteiger partial charge in [-0.1, -0.05) is 38.3 Å². The quantitative estimate of drug-likeness (QED) is 0.722. The third kappa shape index (κ3) is 4.55. The van der Waals surface area contributed by atoms with Gasteiger partial charge in [0, 0.05) is 13.1 Å². The van der Waals surface area contributed by atoms with Crippen molar-refractivity contribution in [1.82, 2.24) is 10.6 Å². The number of hydrogen-bond donors (Lipinski definition) is 3. The maximum Gasteiger partial charge on any atom is 0.335 e. The van der Waals surface area contributed by atoms with Crippen LogP contribution in [-0.2, 0) is 11.3 Å². The second-order valence-corrected chi connectivity index (χ2v) is 6.26. The molecule has 1 amide bonds. The Balaban J connectivity index is 2.07. The Labute approximate surface area is 137 Å². The van der Waals surface area contributed by atoms with Crippen molar-refractivity contribution in [3.8, 4) is 0 Å². The third-order valence-corrected chi connectivity index (χ3v) is 4.48. The fourth-order valence-corrected chi connectivity index (χ4v) is 3.13. The molecule has 23 heavy (non-hydrogen) atoms. The zero-order valence-corrected chi connectivity index (χ0v) is 13.7. The summed E-state index contributed by atoms with van der Waals surface area (Å²) in [4.78, 5) is 23.7. The SMILES string of the molecule is CCCNC(=O)C1(NCc2cccc(C(=O)O)c2)CCCCC1. The lowest BCUT2D eigenvalue weighted by molar-refractivity contribution is -0.129. The zero-order valence-electron chi connectivity index (χ0n) is 13.7. The molecule has 1 aromatic carbocycles. The number of carboxylic acids is 1. The molecule has 1 saturated carbocycles. The summed E-state index contributed by atoms with van der Waals surface area (Å²) in [5.74, 6) is -0.853. The fraction of sp³-hybridized carbons (Fsp3) is 0.556. The second-order valence-electron chi connectivity index (χ2n) is 6.26. The van der Waals surface area contributed by atoms with E-state index in [1.165, 1.54) is 6.42 Å². The van der Waals surface area contributed by atoms with Gasteiger partial charge in [0.25, 0.3) is 0 Å². The van der Waals surface area contributed by atoms with E-state index < -0.39 is 11.5 Å². The van der Waals surface area contributed by atoms with E-state index in [1.54, 1.807) is 18.2 Å². The summed E-state index contributed by atoms with van der Waals surface area (Å²) >= 11 is 0. The average molecular weight is 318 g/mol. The zero-order chi connectivity index (χ0) is 16.7. The summed E-state index contributed by atoms with van der Waals surface area (Å²) in [5, 5.41) is 15.5. The summed E-state index contributed by atoms with van der Waals surface area (Å²) in [7, 11) is 0. The van der Waals surface area contributed by atoms with Gasteiger partial charge in [0.2, 0.25) is 5.91 Å². The van der Waals surface area contributed by atoms with Crippen molar-refractivity contribution in [2.24, 2.45) is 0 Å². The lowest BCUT2D eigenvalue weighted by Crippen LogP contribution is -2.57. The number of carboxylic acid groups (broad SMARTS) is 1. The van der Waals surface area contributed by atoms with Crippen LogP contribution in [0.15, 0.2) is 24.3 Å². The molecule has 126 valence electrons. The van der Waals surface area contributed by atoms with Crippen molar-refractivity contribution in [3.63, 3.8) is 0 Å². The average Bonchev–Trinajstić information content (AvgIpc) is 2.59. The predicted molar refractivity (Wildman–Crippen MR) is 89.4 cm³/mol. The fourth-order valence-electron chi connectivity index (χ4n) is 3.13. The Hall–Kier alpha value is -1.88. The van der Waals surface area contributed by atoms with E-state index in [0.29, 0.717) is 13.1 Å². The third-order valence-electron chi connectivity index (χ3n) is 4.48. The van der Waals surface area contributed by atoms with Crippen LogP contribution in [0.3, 0.4) is 0 Å². The van der Waals surface area contributed by atoms with Crippen LogP contribution in [0.25, 0.3) is 0 Å². The highest BCUT2D eigenvalue weighted by atomic mass is 16.4. The van der Waals surface area contributed by atoms with Crippen LogP contribution in [0.2, 0.25) is 0 Å². The molecule has 1 aliphatic carbocycles. The van der Waals surface area contributed by atoms with E-state index in [9.17, 15) is 9.59 Å². The van der Waals surface area contributed by atoms with Gasteiger partial charge < -0.3 is 10.4 Å². The van der Waals surface area contributed by atoms with Crippen LogP contribution < -0.4 is 10.6 Å². The number of nitrogens with one attached hydrogen (secondary N) is 2. The maximum absolute atomic E-state index is 12.6. The molecule has 0 bridgehead atoms. The molecule has 0 heterocycles. The minimum atomic E-state index is -0.931. The molecule has 5 heteroatoms. The second kappa shape index (κ2) is 8.11. The Morgan fingerprint density at radius 1 is 1.22 bits per heavy atom. The van der Waals surface area contributed by atoms with Crippen molar-refractivity contribution in [2.45, 2.75) is 57.5 Å². The first-order valence-corrected chi connectivity index (χ1v) is 8.43. The topological polar surface area (TPSA) is 78.4 Å². The molecule has 0 atom stereocenters. The number of benzene rings is 1. The molecule has 0 unspecified atom stereocenters. The van der Waals surface area contributed by atoms with E-state index in [1.807, 2.05) is 13.0 Å². The molecule has 1 aliphatic rings. The minimum absolute atomic E-state index is 0.0773. The number of carbonyl (C=O) groups is 2. The highest BCUT2D eigenvalue weighted by Crippen LogP contribution is 2.29. The number of hydrogen-bond acceptors (Lipinski definition) is 3. The summed E-state index contributed by atoms with van der Waals surface area (Å²) in [5.41, 5.74) is 0.641. The molecular weight excluding hydrogens is 292 g/mol. The molecule has 0 saturated heterocycles. The monoisotopic (exact) mass is 318 g/mol. The molecule has 0 radical (unpaired) electrons. The van der Waals surface area contributed by atoms with E-state index in [-0.39, 0.29) is 11.5 Å². The van der Waals surface area contributed by atoms with Crippen molar-refractivity contribution >= 4 is 11.9 Å². The largest absolute Gasteiger partial charge is 0.478 e. The van der Waals surface area contributed by atoms with Gasteiger partial charge in [0.05, 0.1) is 11.1 Å². The van der Waals surface area contributed by atoms with E-state index in [0.717, 1.165) is 37.7 Å². The van der Waals surface area contributed by atoms with Crippen molar-refractivity contribution in [2.75, 3.05) is 6.54 Å². The standard InChI is InChI=1S/C18H26N2O3/c1-2-11-19-17(23)18(9-4-3-5-10-18)20-13-14-7-6-8-15(12-14)16(21)22/h6-8,12,20H,2-5,9-11,13H2,1H3,(H,19,23)(H,21,22). The van der Waals surface area contributed by atoms with Gasteiger partial charge in [-0.2, -0.15) is 0 Å². The predicted octanol–water partition coefficient (Wildman–Crippen LogP) is 2.70. The molecule has 0 aromatic heterocycles. The van der Waals surface area contributed by atoms with Gasteiger partial charge in [-0.25, -0.2) is 4.79 Å². The molecule has 5 nitrogen and oxygen atoms in total. The molecule has 1 fully saturated rings. The number of carbonyl (C=O) groups excluding carboxylic acids is 1. The molecular formula is C18H26N2O3. The van der Waals surface area contributed by atoms with Gasteiger partial charge in [-0.05, 0) is 37.0 Å². The molecule has 3 N–H and O–H groups in total. The minimum Gasteiger partial charge on any atom is -0.478 e.